The first-order valence-electron chi connectivity index (χ1n) is 5.27. The van der Waals surface area contributed by atoms with Gasteiger partial charge < -0.3 is 5.73 Å². The quantitative estimate of drug-likeness (QED) is 0.813. The van der Waals surface area contributed by atoms with Gasteiger partial charge in [-0.25, -0.2) is 0 Å². The fourth-order valence-corrected chi connectivity index (χ4v) is 4.44. The minimum absolute atomic E-state index is 0.332. The van der Waals surface area contributed by atoms with Gasteiger partial charge in [-0.3, -0.25) is 9.19 Å². The van der Waals surface area contributed by atoms with Gasteiger partial charge in [0.05, 0.1) is 4.99 Å². The predicted octanol–water partition coefficient (Wildman–Crippen LogP) is 1.50. The molecule has 1 aromatic heterocycles. The Hall–Kier alpha value is -0.810. The third-order valence-electron chi connectivity index (χ3n) is 3.02. The first kappa shape index (κ1) is 11.7. The molecule has 1 fully saturated rings. The molecule has 0 saturated carbocycles. The van der Waals surface area contributed by atoms with E-state index in [-0.39, 0.29) is 0 Å². The Morgan fingerprint density at radius 2 is 2.38 bits per heavy atom. The topological polar surface area (TPSA) is 56.0 Å². The zero-order valence-corrected chi connectivity index (χ0v) is 10.5. The van der Waals surface area contributed by atoms with Crippen LogP contribution in [0.4, 0.5) is 0 Å². The molecule has 3 nitrogen and oxygen atoms in total. The Morgan fingerprint density at radius 1 is 1.56 bits per heavy atom. The average molecular weight is 254 g/mol. The summed E-state index contributed by atoms with van der Waals surface area (Å²) in [6, 6.07) is 3.75. The van der Waals surface area contributed by atoms with Crippen molar-refractivity contribution in [2.24, 2.45) is 5.73 Å². The highest BCUT2D eigenvalue weighted by Crippen LogP contribution is 2.37. The molecule has 5 heteroatoms. The van der Waals surface area contributed by atoms with Crippen molar-refractivity contribution in [1.82, 2.24) is 4.98 Å². The zero-order chi connectivity index (χ0) is 11.6. The molecule has 2 atom stereocenters. The maximum Gasteiger partial charge on any atom is 0.122 e. The van der Waals surface area contributed by atoms with Crippen molar-refractivity contribution in [3.05, 3.63) is 30.1 Å². The summed E-state index contributed by atoms with van der Waals surface area (Å²) in [5.41, 5.74) is 6.72. The Morgan fingerprint density at radius 3 is 2.94 bits per heavy atom. The standard InChI is InChI=1S/C11H14N2OS2/c12-10(15)11(5-1-2-7-16(11)14)9-4-3-6-13-8-9/h3-4,6,8H,1-2,5,7H2,(H2,12,15)/t11-,16+/m1/s1. The maximum absolute atomic E-state index is 12.3. The predicted molar refractivity (Wildman–Crippen MR) is 69.6 cm³/mol. The molecule has 1 aliphatic rings. The molecule has 0 spiro atoms. The summed E-state index contributed by atoms with van der Waals surface area (Å²) in [4.78, 5) is 4.40. The molecule has 0 unspecified atom stereocenters. The molecule has 2 N–H and O–H groups in total. The number of thiocarbonyl (C=S) groups is 1. The van der Waals surface area contributed by atoms with Crippen LogP contribution in [0.15, 0.2) is 24.5 Å². The minimum atomic E-state index is -1.02. The summed E-state index contributed by atoms with van der Waals surface area (Å²) in [7, 11) is -1.02. The first-order valence-corrected chi connectivity index (χ1v) is 6.99. The van der Waals surface area contributed by atoms with Gasteiger partial charge in [0.1, 0.15) is 4.75 Å². The van der Waals surface area contributed by atoms with Crippen LogP contribution in [0.1, 0.15) is 24.8 Å². The Bertz CT molecular complexity index is 421. The lowest BCUT2D eigenvalue weighted by molar-refractivity contribution is 0.577. The van der Waals surface area contributed by atoms with Crippen LogP contribution in [0.5, 0.6) is 0 Å². The molecule has 0 aromatic carbocycles. The highest BCUT2D eigenvalue weighted by atomic mass is 32.2. The van der Waals surface area contributed by atoms with E-state index in [9.17, 15) is 4.21 Å². The second-order valence-electron chi connectivity index (χ2n) is 3.94. The number of nitrogens with two attached hydrogens (primary N) is 1. The largest absolute Gasteiger partial charge is 0.392 e. The molecule has 0 radical (unpaired) electrons. The van der Waals surface area contributed by atoms with Crippen molar-refractivity contribution in [1.29, 1.82) is 0 Å². The molecular formula is C11H14N2OS2. The fraction of sp³-hybridized carbons (Fsp3) is 0.455. The zero-order valence-electron chi connectivity index (χ0n) is 8.89. The van der Waals surface area contributed by atoms with E-state index in [1.165, 1.54) is 0 Å². The summed E-state index contributed by atoms with van der Waals surface area (Å²) < 4.78 is 11.6. The lowest BCUT2D eigenvalue weighted by atomic mass is 9.93. The van der Waals surface area contributed by atoms with Crippen LogP contribution in [-0.4, -0.2) is 19.9 Å². The summed E-state index contributed by atoms with van der Waals surface area (Å²) in [6.45, 7) is 0. The molecular weight excluding hydrogens is 240 g/mol. The highest BCUT2D eigenvalue weighted by molar-refractivity contribution is 7.90. The molecule has 1 saturated heterocycles. The molecule has 2 rings (SSSR count). The maximum atomic E-state index is 12.3. The van der Waals surface area contributed by atoms with E-state index in [0.717, 1.165) is 24.8 Å². The molecule has 1 aliphatic heterocycles. The van der Waals surface area contributed by atoms with E-state index < -0.39 is 15.5 Å². The number of hydrogen-bond donors (Lipinski definition) is 1. The molecule has 0 amide bonds. The van der Waals surface area contributed by atoms with Crippen LogP contribution in [0.25, 0.3) is 0 Å². The summed E-state index contributed by atoms with van der Waals surface area (Å²) >= 11 is 5.14. The van der Waals surface area contributed by atoms with Gasteiger partial charge >= 0.3 is 0 Å². The normalized spacial score (nSPS) is 29.9. The number of pyridine rings is 1. The molecule has 86 valence electrons. The Kier molecular flexibility index (Phi) is 3.35. The first-order chi connectivity index (χ1) is 7.68. The summed E-state index contributed by atoms with van der Waals surface area (Å²) in [5, 5.41) is 0. The second kappa shape index (κ2) is 4.59. The smallest absolute Gasteiger partial charge is 0.122 e. The van der Waals surface area contributed by atoms with Gasteiger partial charge in [-0.2, -0.15) is 0 Å². The minimum Gasteiger partial charge on any atom is -0.392 e. The number of rotatable bonds is 2. The Balaban J connectivity index is 2.51. The van der Waals surface area contributed by atoms with Crippen LogP contribution in [-0.2, 0) is 15.5 Å². The van der Waals surface area contributed by atoms with Crippen molar-refractivity contribution >= 4 is 28.0 Å². The molecule has 16 heavy (non-hydrogen) atoms. The van der Waals surface area contributed by atoms with Crippen LogP contribution in [0.3, 0.4) is 0 Å². The third kappa shape index (κ3) is 1.78. The fourth-order valence-electron chi connectivity index (χ4n) is 2.15. The second-order valence-corrected chi connectivity index (χ2v) is 6.18. The number of nitrogens with zero attached hydrogens (tertiary/aromatic N) is 1. The van der Waals surface area contributed by atoms with E-state index in [1.807, 2.05) is 12.1 Å². The van der Waals surface area contributed by atoms with Crippen LogP contribution in [0, 0.1) is 0 Å². The monoisotopic (exact) mass is 254 g/mol. The number of hydrogen-bond acceptors (Lipinski definition) is 3. The molecule has 2 heterocycles. The summed E-state index contributed by atoms with van der Waals surface area (Å²) in [6.07, 6.45) is 6.18. The summed E-state index contributed by atoms with van der Waals surface area (Å²) in [5.74, 6) is 0.673. The van der Waals surface area contributed by atoms with Gasteiger partial charge in [0, 0.05) is 28.9 Å². The number of aromatic nitrogens is 1. The van der Waals surface area contributed by atoms with E-state index in [0.29, 0.717) is 10.7 Å². The van der Waals surface area contributed by atoms with E-state index >= 15 is 0 Å². The molecule has 1 aromatic rings. The lowest BCUT2D eigenvalue weighted by Crippen LogP contribution is -2.46. The van der Waals surface area contributed by atoms with E-state index in [4.69, 9.17) is 18.0 Å². The molecule has 0 bridgehead atoms. The van der Waals surface area contributed by atoms with Crippen LogP contribution in [0.2, 0.25) is 0 Å². The van der Waals surface area contributed by atoms with Gasteiger partial charge in [0.2, 0.25) is 0 Å². The van der Waals surface area contributed by atoms with Crippen LogP contribution < -0.4 is 5.73 Å². The average Bonchev–Trinajstić information content (AvgIpc) is 2.30. The van der Waals surface area contributed by atoms with E-state index in [2.05, 4.69) is 4.98 Å². The molecule has 0 aliphatic carbocycles. The van der Waals surface area contributed by atoms with Gasteiger partial charge in [-0.1, -0.05) is 24.7 Å². The lowest BCUT2D eigenvalue weighted by Gasteiger charge is -2.35. The van der Waals surface area contributed by atoms with Crippen molar-refractivity contribution in [3.8, 4) is 0 Å². The van der Waals surface area contributed by atoms with Crippen LogP contribution >= 0.6 is 12.2 Å². The Labute approximate surface area is 103 Å². The third-order valence-corrected chi connectivity index (χ3v) is 5.60. The van der Waals surface area contributed by atoms with Crippen molar-refractivity contribution in [2.75, 3.05) is 5.75 Å². The van der Waals surface area contributed by atoms with Gasteiger partial charge in [0.15, 0.2) is 0 Å². The van der Waals surface area contributed by atoms with Crippen molar-refractivity contribution in [3.63, 3.8) is 0 Å². The van der Waals surface area contributed by atoms with E-state index in [1.54, 1.807) is 12.4 Å². The van der Waals surface area contributed by atoms with Gasteiger partial charge in [0.25, 0.3) is 0 Å². The van der Waals surface area contributed by atoms with Gasteiger partial charge in [-0.05, 0) is 24.5 Å². The van der Waals surface area contributed by atoms with Crippen molar-refractivity contribution < 1.29 is 4.21 Å². The van der Waals surface area contributed by atoms with Gasteiger partial charge in [-0.15, -0.1) is 0 Å². The highest BCUT2D eigenvalue weighted by Gasteiger charge is 2.43. The van der Waals surface area contributed by atoms with Crippen molar-refractivity contribution in [2.45, 2.75) is 24.0 Å². The SMILES string of the molecule is NC(=S)[C@]1(c2cccnc2)CCCC[S@@]1=O.